The van der Waals surface area contributed by atoms with Gasteiger partial charge in [0.05, 0.1) is 22.5 Å². The number of aliphatic hydroxyl groups is 1. The van der Waals surface area contributed by atoms with Gasteiger partial charge in [0.1, 0.15) is 11.6 Å². The SMILES string of the molecule is C=C[C@@](C)(O)CN(Cc1c(C(C)C)nn(-c2ccccc2)c1Oc1cccc(F)c1)CC1CC1. The average Bonchev–Trinajstić information content (AvgIpc) is 3.55. The third kappa shape index (κ3) is 5.93. The van der Waals surface area contributed by atoms with Crippen LogP contribution in [0.1, 0.15) is 50.8 Å². The van der Waals surface area contributed by atoms with E-state index in [2.05, 4.69) is 25.3 Å². The molecule has 0 amide bonds. The molecule has 180 valence electrons. The van der Waals surface area contributed by atoms with Crippen LogP contribution in [0.4, 0.5) is 4.39 Å². The van der Waals surface area contributed by atoms with Gasteiger partial charge in [0, 0.05) is 25.7 Å². The fraction of sp³-hybridized carbons (Fsp3) is 0.393. The maximum absolute atomic E-state index is 14.0. The Balaban J connectivity index is 1.79. The molecule has 4 rings (SSSR count). The van der Waals surface area contributed by atoms with E-state index in [0.29, 0.717) is 30.6 Å². The zero-order valence-electron chi connectivity index (χ0n) is 20.2. The minimum Gasteiger partial charge on any atom is -0.438 e. The van der Waals surface area contributed by atoms with Gasteiger partial charge in [-0.3, -0.25) is 4.90 Å². The molecule has 1 N–H and O–H groups in total. The Bertz CT molecular complexity index is 1120. The van der Waals surface area contributed by atoms with Gasteiger partial charge < -0.3 is 9.84 Å². The molecular formula is C28H34FN3O2. The largest absolute Gasteiger partial charge is 0.438 e. The first-order valence-electron chi connectivity index (χ1n) is 11.9. The summed E-state index contributed by atoms with van der Waals surface area (Å²) >= 11 is 0. The third-order valence-electron chi connectivity index (χ3n) is 6.10. The molecule has 0 radical (unpaired) electrons. The molecule has 3 aromatic rings. The van der Waals surface area contributed by atoms with Crippen LogP contribution in [0.5, 0.6) is 11.6 Å². The molecule has 1 heterocycles. The summed E-state index contributed by atoms with van der Waals surface area (Å²) in [6.45, 7) is 11.7. The molecule has 0 saturated heterocycles. The van der Waals surface area contributed by atoms with Gasteiger partial charge in [0.15, 0.2) is 0 Å². The van der Waals surface area contributed by atoms with E-state index in [-0.39, 0.29) is 11.7 Å². The van der Waals surface area contributed by atoms with Crippen LogP contribution in [0.15, 0.2) is 67.3 Å². The van der Waals surface area contributed by atoms with Crippen molar-refractivity contribution in [3.63, 3.8) is 0 Å². The van der Waals surface area contributed by atoms with Crippen LogP contribution in [0, 0.1) is 11.7 Å². The zero-order valence-corrected chi connectivity index (χ0v) is 20.2. The minimum atomic E-state index is -1.01. The maximum Gasteiger partial charge on any atom is 0.227 e. The first-order chi connectivity index (χ1) is 16.3. The van der Waals surface area contributed by atoms with E-state index in [9.17, 15) is 9.50 Å². The predicted molar refractivity (Wildman–Crippen MR) is 133 cm³/mol. The van der Waals surface area contributed by atoms with Crippen LogP contribution in [0.2, 0.25) is 0 Å². The summed E-state index contributed by atoms with van der Waals surface area (Å²) in [5, 5.41) is 15.7. The zero-order chi connectivity index (χ0) is 24.3. The molecule has 0 spiro atoms. The fourth-order valence-corrected chi connectivity index (χ4v) is 4.15. The lowest BCUT2D eigenvalue weighted by molar-refractivity contribution is 0.0564. The van der Waals surface area contributed by atoms with Crippen molar-refractivity contribution in [2.45, 2.75) is 51.7 Å². The average molecular weight is 464 g/mol. The second kappa shape index (κ2) is 10.1. The van der Waals surface area contributed by atoms with Crippen LogP contribution in [0.3, 0.4) is 0 Å². The van der Waals surface area contributed by atoms with Gasteiger partial charge in [-0.25, -0.2) is 9.07 Å². The van der Waals surface area contributed by atoms with Crippen molar-refractivity contribution < 1.29 is 14.2 Å². The smallest absolute Gasteiger partial charge is 0.227 e. The number of rotatable bonds is 11. The first kappa shape index (κ1) is 24.2. The highest BCUT2D eigenvalue weighted by Crippen LogP contribution is 2.37. The van der Waals surface area contributed by atoms with Gasteiger partial charge in [-0.1, -0.05) is 44.2 Å². The van der Waals surface area contributed by atoms with E-state index < -0.39 is 5.60 Å². The van der Waals surface area contributed by atoms with E-state index in [1.165, 1.54) is 25.0 Å². The lowest BCUT2D eigenvalue weighted by Crippen LogP contribution is -2.40. The Morgan fingerprint density at radius 3 is 2.59 bits per heavy atom. The Labute approximate surface area is 201 Å². The highest BCUT2D eigenvalue weighted by atomic mass is 19.1. The van der Waals surface area contributed by atoms with Crippen LogP contribution in [-0.4, -0.2) is 38.5 Å². The molecule has 0 aliphatic heterocycles. The first-order valence-corrected chi connectivity index (χ1v) is 11.9. The summed E-state index contributed by atoms with van der Waals surface area (Å²) in [5.74, 6) is 1.42. The molecule has 6 heteroatoms. The van der Waals surface area contributed by atoms with E-state index in [0.717, 1.165) is 23.5 Å². The van der Waals surface area contributed by atoms with Gasteiger partial charge in [-0.2, -0.15) is 5.10 Å². The van der Waals surface area contributed by atoms with E-state index in [1.807, 2.05) is 30.3 Å². The molecular weight excluding hydrogens is 429 g/mol. The van der Waals surface area contributed by atoms with Gasteiger partial charge in [-0.15, -0.1) is 6.58 Å². The molecule has 34 heavy (non-hydrogen) atoms. The fourth-order valence-electron chi connectivity index (χ4n) is 4.15. The molecule has 1 saturated carbocycles. The van der Waals surface area contributed by atoms with Crippen molar-refractivity contribution in [1.82, 2.24) is 14.7 Å². The van der Waals surface area contributed by atoms with Gasteiger partial charge >= 0.3 is 0 Å². The standard InChI is InChI=1S/C28H34FN3O2/c1-5-28(4,33)19-31(17-21-14-15-21)18-25-26(20(2)3)30-32(23-11-7-6-8-12-23)27(25)34-24-13-9-10-22(29)16-24/h5-13,16,20-21,33H,1,14-15,17-19H2,2-4H3/t28-/m1/s1. The Morgan fingerprint density at radius 2 is 1.97 bits per heavy atom. The maximum atomic E-state index is 14.0. The summed E-state index contributed by atoms with van der Waals surface area (Å²) in [6.07, 6.45) is 4.01. The highest BCUT2D eigenvalue weighted by molar-refractivity contribution is 5.44. The summed E-state index contributed by atoms with van der Waals surface area (Å²) in [4.78, 5) is 2.26. The summed E-state index contributed by atoms with van der Waals surface area (Å²) in [6, 6.07) is 16.0. The highest BCUT2D eigenvalue weighted by Gasteiger charge is 2.31. The summed E-state index contributed by atoms with van der Waals surface area (Å²) in [7, 11) is 0. The Kier molecular flexibility index (Phi) is 7.19. The van der Waals surface area contributed by atoms with Crippen molar-refractivity contribution >= 4 is 0 Å². The normalized spacial score (nSPS) is 15.5. The monoisotopic (exact) mass is 463 g/mol. The lowest BCUT2D eigenvalue weighted by atomic mass is 10.0. The Hall–Kier alpha value is -2.96. The number of halogens is 1. The number of hydrogen-bond acceptors (Lipinski definition) is 4. The molecule has 0 unspecified atom stereocenters. The minimum absolute atomic E-state index is 0.150. The summed E-state index contributed by atoms with van der Waals surface area (Å²) < 4.78 is 22.1. The predicted octanol–water partition coefficient (Wildman–Crippen LogP) is 6.08. The number of hydrogen-bond donors (Lipinski definition) is 1. The molecule has 1 aliphatic carbocycles. The molecule has 1 aromatic heterocycles. The third-order valence-corrected chi connectivity index (χ3v) is 6.10. The van der Waals surface area contributed by atoms with Crippen molar-refractivity contribution in [1.29, 1.82) is 0 Å². The van der Waals surface area contributed by atoms with Crippen LogP contribution >= 0.6 is 0 Å². The Morgan fingerprint density at radius 1 is 1.24 bits per heavy atom. The van der Waals surface area contributed by atoms with Crippen molar-refractivity contribution in [2.24, 2.45) is 5.92 Å². The van der Waals surface area contributed by atoms with E-state index in [4.69, 9.17) is 9.84 Å². The van der Waals surface area contributed by atoms with Gasteiger partial charge in [0.25, 0.3) is 0 Å². The number of benzene rings is 2. The second-order valence-corrected chi connectivity index (χ2v) is 9.80. The van der Waals surface area contributed by atoms with Crippen LogP contribution in [-0.2, 0) is 6.54 Å². The van der Waals surface area contributed by atoms with Crippen molar-refractivity contribution in [3.8, 4) is 17.3 Å². The lowest BCUT2D eigenvalue weighted by Gasteiger charge is -2.30. The molecule has 2 aromatic carbocycles. The number of aromatic nitrogens is 2. The molecule has 1 atom stereocenters. The van der Waals surface area contributed by atoms with Gasteiger partial charge in [-0.05, 0) is 55.9 Å². The summed E-state index contributed by atoms with van der Waals surface area (Å²) in [5.41, 5.74) is 1.73. The topological polar surface area (TPSA) is 50.5 Å². The number of para-hydroxylation sites is 1. The number of nitrogens with zero attached hydrogens (tertiary/aromatic N) is 3. The van der Waals surface area contributed by atoms with E-state index >= 15 is 0 Å². The van der Waals surface area contributed by atoms with E-state index in [1.54, 1.807) is 29.8 Å². The van der Waals surface area contributed by atoms with Crippen LogP contribution < -0.4 is 4.74 Å². The van der Waals surface area contributed by atoms with Crippen molar-refractivity contribution in [2.75, 3.05) is 13.1 Å². The molecule has 5 nitrogen and oxygen atoms in total. The number of ether oxygens (including phenoxy) is 1. The molecule has 0 bridgehead atoms. The van der Waals surface area contributed by atoms with Crippen LogP contribution in [0.25, 0.3) is 5.69 Å². The van der Waals surface area contributed by atoms with Gasteiger partial charge in [0.2, 0.25) is 5.88 Å². The molecule has 1 fully saturated rings. The second-order valence-electron chi connectivity index (χ2n) is 9.80. The quantitative estimate of drug-likeness (QED) is 0.350. The van der Waals surface area contributed by atoms with Crippen molar-refractivity contribution in [3.05, 3.63) is 84.3 Å². The molecule has 1 aliphatic rings.